The van der Waals surface area contributed by atoms with Gasteiger partial charge in [-0.25, -0.2) is 4.79 Å². The lowest BCUT2D eigenvalue weighted by Gasteiger charge is -2.32. The Morgan fingerprint density at radius 2 is 1.75 bits per heavy atom. The number of carbonyl (C=O) groups is 1. The monoisotopic (exact) mass is 250 g/mol. The number of carboxylic acid groups (broad SMARTS) is 1. The average molecular weight is 250 g/mol. The molecule has 0 aromatic heterocycles. The van der Waals surface area contributed by atoms with E-state index in [0.717, 1.165) is 0 Å². The highest BCUT2D eigenvalue weighted by Gasteiger charge is 2.46. The van der Waals surface area contributed by atoms with Gasteiger partial charge in [0.25, 0.3) is 5.79 Å². The van der Waals surface area contributed by atoms with Crippen molar-refractivity contribution in [3.63, 3.8) is 0 Å². The number of aliphatic carboxylic acids is 1. The Morgan fingerprint density at radius 1 is 1.31 bits per heavy atom. The lowest BCUT2D eigenvalue weighted by Crippen LogP contribution is -2.53. The summed E-state index contributed by atoms with van der Waals surface area (Å²) in [5.74, 6) is -3.23. The highest BCUT2D eigenvalue weighted by molar-refractivity contribution is 6.39. The van der Waals surface area contributed by atoms with Crippen LogP contribution >= 0.6 is 0 Å². The lowest BCUT2D eigenvalue weighted by molar-refractivity contribution is -0.256. The third-order valence-corrected chi connectivity index (χ3v) is 4.85. The van der Waals surface area contributed by atoms with Crippen molar-refractivity contribution in [2.24, 2.45) is 0 Å². The van der Waals surface area contributed by atoms with Gasteiger partial charge in [-0.3, -0.25) is 0 Å². The summed E-state index contributed by atoms with van der Waals surface area (Å²) in [6.07, 6.45) is -1.13. The Bertz CT molecular complexity index is 232. The normalized spacial score (nSPS) is 15.6. The molecule has 0 aliphatic heterocycles. The molecule has 6 heteroatoms. The Hall–Kier alpha value is -0.433. The predicted octanol–water partition coefficient (Wildman–Crippen LogP) is 0.226. The summed E-state index contributed by atoms with van der Waals surface area (Å²) >= 11 is 0. The van der Waals surface area contributed by atoms with E-state index in [-0.39, 0.29) is 5.04 Å². The first-order valence-electron chi connectivity index (χ1n) is 5.21. The van der Waals surface area contributed by atoms with E-state index in [4.69, 9.17) is 14.6 Å². The SMILES string of the molecule is COC(OC)(C(=O)O)[C@@H](O)C[SiH2]C(C)(C)C. The van der Waals surface area contributed by atoms with Crippen LogP contribution in [0, 0.1) is 0 Å². The van der Waals surface area contributed by atoms with E-state index in [9.17, 15) is 9.90 Å². The van der Waals surface area contributed by atoms with Crippen molar-refractivity contribution in [2.75, 3.05) is 14.2 Å². The van der Waals surface area contributed by atoms with E-state index in [0.29, 0.717) is 6.04 Å². The molecule has 0 radical (unpaired) electrons. The molecule has 0 saturated carbocycles. The van der Waals surface area contributed by atoms with Crippen molar-refractivity contribution in [1.29, 1.82) is 0 Å². The summed E-state index contributed by atoms with van der Waals surface area (Å²) in [4.78, 5) is 11.1. The molecule has 0 bridgehead atoms. The molecule has 0 amide bonds. The highest BCUT2D eigenvalue weighted by atomic mass is 28.2. The second kappa shape index (κ2) is 5.76. The van der Waals surface area contributed by atoms with Gasteiger partial charge in [0.1, 0.15) is 6.10 Å². The zero-order chi connectivity index (χ0) is 13.0. The summed E-state index contributed by atoms with van der Waals surface area (Å²) < 4.78 is 9.65. The summed E-state index contributed by atoms with van der Waals surface area (Å²) in [7, 11) is 1.84. The smallest absolute Gasteiger partial charge is 0.367 e. The van der Waals surface area contributed by atoms with Gasteiger partial charge in [-0.2, -0.15) is 0 Å². The van der Waals surface area contributed by atoms with Gasteiger partial charge < -0.3 is 19.7 Å². The van der Waals surface area contributed by atoms with E-state index < -0.39 is 27.4 Å². The van der Waals surface area contributed by atoms with E-state index in [2.05, 4.69) is 20.8 Å². The van der Waals surface area contributed by atoms with Gasteiger partial charge >= 0.3 is 5.97 Å². The van der Waals surface area contributed by atoms with Gasteiger partial charge in [0.2, 0.25) is 0 Å². The molecule has 0 fully saturated rings. The largest absolute Gasteiger partial charge is 0.477 e. The van der Waals surface area contributed by atoms with Crippen LogP contribution in [0.25, 0.3) is 0 Å². The Balaban J connectivity index is 4.64. The Kier molecular flexibility index (Phi) is 5.61. The molecule has 0 aromatic rings. The molecular weight excluding hydrogens is 228 g/mol. The number of aliphatic hydroxyl groups is 1. The minimum Gasteiger partial charge on any atom is -0.477 e. The molecule has 0 unspecified atom stereocenters. The maximum absolute atomic E-state index is 11.1. The minimum absolute atomic E-state index is 0.159. The summed E-state index contributed by atoms with van der Waals surface area (Å²) in [5, 5.41) is 19.1. The average Bonchev–Trinajstić information content (AvgIpc) is 2.16. The van der Waals surface area contributed by atoms with Crippen molar-refractivity contribution in [3.05, 3.63) is 0 Å². The van der Waals surface area contributed by atoms with Crippen LogP contribution < -0.4 is 0 Å². The summed E-state index contributed by atoms with van der Waals surface area (Å²) in [6.45, 7) is 6.23. The Morgan fingerprint density at radius 3 is 2.00 bits per heavy atom. The molecule has 0 aliphatic carbocycles. The molecule has 0 saturated heterocycles. The van der Waals surface area contributed by atoms with E-state index in [1.165, 1.54) is 14.2 Å². The number of carboxylic acids is 1. The lowest BCUT2D eigenvalue weighted by atomic mass is 10.1. The fourth-order valence-corrected chi connectivity index (χ4v) is 2.95. The fraction of sp³-hybridized carbons (Fsp3) is 0.900. The first kappa shape index (κ1) is 15.6. The van der Waals surface area contributed by atoms with Crippen LogP contribution in [0.15, 0.2) is 0 Å². The standard InChI is InChI=1S/C10H22O5Si/c1-9(2,3)16-6-7(11)10(14-4,15-5)8(12)13/h7,11H,6,16H2,1-5H3,(H,12,13)/t7-/m0/s1. The van der Waals surface area contributed by atoms with Crippen molar-refractivity contribution in [1.82, 2.24) is 0 Å². The first-order chi connectivity index (χ1) is 7.19. The second-order valence-corrected chi connectivity index (χ2v) is 8.19. The maximum Gasteiger partial charge on any atom is 0.367 e. The summed E-state index contributed by atoms with van der Waals surface area (Å²) in [5.41, 5.74) is 0. The number of hydrogen-bond acceptors (Lipinski definition) is 4. The molecule has 5 nitrogen and oxygen atoms in total. The number of hydrogen-bond donors (Lipinski definition) is 2. The molecular formula is C10H22O5Si. The van der Waals surface area contributed by atoms with Gasteiger partial charge in [-0.15, -0.1) is 0 Å². The fourth-order valence-electron chi connectivity index (χ4n) is 1.43. The topological polar surface area (TPSA) is 76.0 Å². The van der Waals surface area contributed by atoms with E-state index >= 15 is 0 Å². The van der Waals surface area contributed by atoms with Crippen molar-refractivity contribution >= 4 is 15.5 Å². The number of aliphatic hydroxyl groups excluding tert-OH is 1. The maximum atomic E-state index is 11.1. The molecule has 0 aromatic carbocycles. The highest BCUT2D eigenvalue weighted by Crippen LogP contribution is 2.26. The quantitative estimate of drug-likeness (QED) is 0.521. The van der Waals surface area contributed by atoms with Crippen LogP contribution in [-0.4, -0.2) is 51.8 Å². The minimum atomic E-state index is -1.93. The van der Waals surface area contributed by atoms with Gasteiger partial charge in [-0.1, -0.05) is 20.8 Å². The molecule has 0 spiro atoms. The molecule has 0 rings (SSSR count). The van der Waals surface area contributed by atoms with Crippen LogP contribution in [0.4, 0.5) is 0 Å². The molecule has 16 heavy (non-hydrogen) atoms. The molecule has 0 heterocycles. The van der Waals surface area contributed by atoms with E-state index in [1.54, 1.807) is 0 Å². The molecule has 2 N–H and O–H groups in total. The third kappa shape index (κ3) is 3.86. The van der Waals surface area contributed by atoms with Crippen LogP contribution in [0.3, 0.4) is 0 Å². The zero-order valence-electron chi connectivity index (χ0n) is 10.6. The number of ether oxygens (including phenoxy) is 2. The molecule has 96 valence electrons. The van der Waals surface area contributed by atoms with Crippen molar-refractivity contribution in [2.45, 2.75) is 43.7 Å². The van der Waals surface area contributed by atoms with Gasteiger partial charge in [0, 0.05) is 23.7 Å². The zero-order valence-corrected chi connectivity index (χ0v) is 12.0. The van der Waals surface area contributed by atoms with Crippen molar-refractivity contribution < 1.29 is 24.5 Å². The van der Waals surface area contributed by atoms with Crippen LogP contribution in [0.2, 0.25) is 11.1 Å². The first-order valence-corrected chi connectivity index (χ1v) is 6.92. The second-order valence-electron chi connectivity index (χ2n) is 5.00. The summed E-state index contributed by atoms with van der Waals surface area (Å²) in [6, 6.07) is 0.442. The van der Waals surface area contributed by atoms with Crippen molar-refractivity contribution in [3.8, 4) is 0 Å². The van der Waals surface area contributed by atoms with Crippen LogP contribution in [0.5, 0.6) is 0 Å². The number of methoxy groups -OCH3 is 2. The van der Waals surface area contributed by atoms with Gasteiger partial charge in [0.05, 0.1) is 0 Å². The van der Waals surface area contributed by atoms with E-state index in [1.807, 2.05) is 0 Å². The van der Waals surface area contributed by atoms with Crippen LogP contribution in [0.1, 0.15) is 20.8 Å². The predicted molar refractivity (Wildman–Crippen MR) is 63.5 cm³/mol. The Labute approximate surface area is 98.6 Å². The number of rotatable bonds is 6. The van der Waals surface area contributed by atoms with Gasteiger partial charge in [0.15, 0.2) is 0 Å². The third-order valence-electron chi connectivity index (χ3n) is 2.51. The molecule has 0 aliphatic rings. The molecule has 1 atom stereocenters. The van der Waals surface area contributed by atoms with Gasteiger partial charge in [-0.05, 0) is 11.1 Å². The van der Waals surface area contributed by atoms with Crippen LogP contribution in [-0.2, 0) is 14.3 Å².